The van der Waals surface area contributed by atoms with E-state index in [9.17, 15) is 0 Å². The van der Waals surface area contributed by atoms with E-state index in [0.29, 0.717) is 4.75 Å². The van der Waals surface area contributed by atoms with E-state index in [0.717, 1.165) is 42.4 Å². The third kappa shape index (κ3) is 3.82. The van der Waals surface area contributed by atoms with E-state index in [1.54, 1.807) is 0 Å². The van der Waals surface area contributed by atoms with E-state index < -0.39 is 0 Å². The lowest BCUT2D eigenvalue weighted by molar-refractivity contribution is 0.637. The smallest absolute Gasteiger partial charge is 0.134 e. The molecule has 1 heterocycles. The molecule has 0 aromatic carbocycles. The van der Waals surface area contributed by atoms with Gasteiger partial charge in [-0.3, -0.25) is 0 Å². The molecule has 1 aromatic rings. The van der Waals surface area contributed by atoms with E-state index >= 15 is 0 Å². The SMILES string of the molecule is CCCc1nc(NC)c(C)c(NCC2(SC)CCCC2)n1. The quantitative estimate of drug-likeness (QED) is 0.801. The first kappa shape index (κ1) is 16.4. The monoisotopic (exact) mass is 308 g/mol. The predicted molar refractivity (Wildman–Crippen MR) is 93.5 cm³/mol. The average Bonchev–Trinajstić information content (AvgIpc) is 2.97. The molecular weight excluding hydrogens is 280 g/mol. The van der Waals surface area contributed by atoms with Crippen LogP contribution in [0.4, 0.5) is 11.6 Å². The largest absolute Gasteiger partial charge is 0.373 e. The Balaban J connectivity index is 2.16. The fraction of sp³-hybridized carbons (Fsp3) is 0.750. The van der Waals surface area contributed by atoms with Crippen LogP contribution < -0.4 is 10.6 Å². The van der Waals surface area contributed by atoms with Crippen LogP contribution in [0.25, 0.3) is 0 Å². The highest BCUT2D eigenvalue weighted by atomic mass is 32.2. The molecule has 0 unspecified atom stereocenters. The zero-order chi connectivity index (χ0) is 15.3. The maximum absolute atomic E-state index is 4.73. The van der Waals surface area contributed by atoms with E-state index in [1.807, 2.05) is 18.8 Å². The van der Waals surface area contributed by atoms with Crippen LogP contribution in [-0.4, -0.2) is 34.6 Å². The minimum Gasteiger partial charge on any atom is -0.373 e. The van der Waals surface area contributed by atoms with Gasteiger partial charge in [0.15, 0.2) is 0 Å². The number of thioether (sulfide) groups is 1. The van der Waals surface area contributed by atoms with E-state index in [1.165, 1.54) is 25.7 Å². The predicted octanol–water partition coefficient (Wildman–Crippen LogP) is 3.87. The zero-order valence-corrected chi connectivity index (χ0v) is 14.6. The summed E-state index contributed by atoms with van der Waals surface area (Å²) < 4.78 is 0.391. The molecule has 0 aliphatic heterocycles. The average molecular weight is 308 g/mol. The molecule has 1 aliphatic carbocycles. The van der Waals surface area contributed by atoms with Crippen molar-refractivity contribution in [3.05, 3.63) is 11.4 Å². The van der Waals surface area contributed by atoms with Gasteiger partial charge in [0.1, 0.15) is 17.5 Å². The second-order valence-corrected chi connectivity index (χ2v) is 7.18. The molecule has 2 N–H and O–H groups in total. The number of nitrogens with zero attached hydrogens (tertiary/aromatic N) is 2. The number of hydrogen-bond donors (Lipinski definition) is 2. The lowest BCUT2D eigenvalue weighted by Gasteiger charge is -2.27. The van der Waals surface area contributed by atoms with Gasteiger partial charge in [-0.15, -0.1) is 0 Å². The molecule has 0 spiro atoms. The van der Waals surface area contributed by atoms with E-state index in [2.05, 4.69) is 35.7 Å². The van der Waals surface area contributed by atoms with Gasteiger partial charge in [-0.25, -0.2) is 9.97 Å². The summed E-state index contributed by atoms with van der Waals surface area (Å²) in [4.78, 5) is 9.32. The summed E-state index contributed by atoms with van der Waals surface area (Å²) in [7, 11) is 1.93. The molecule has 118 valence electrons. The number of aryl methyl sites for hydroxylation is 1. The summed E-state index contributed by atoms with van der Waals surface area (Å²) in [6, 6.07) is 0. The Morgan fingerprint density at radius 3 is 2.43 bits per heavy atom. The van der Waals surface area contributed by atoms with Gasteiger partial charge in [-0.05, 0) is 32.4 Å². The molecule has 1 saturated carbocycles. The highest BCUT2D eigenvalue weighted by Crippen LogP contribution is 2.40. The third-order valence-corrected chi connectivity index (χ3v) is 5.85. The molecule has 5 heteroatoms. The molecule has 0 bridgehead atoms. The standard InChI is InChI=1S/C16H28N4S/c1-5-8-13-19-14(17-3)12(2)15(20-13)18-11-16(21-4)9-6-7-10-16/h5-11H2,1-4H3,(H2,17,18,19,20). The Morgan fingerprint density at radius 2 is 1.86 bits per heavy atom. The fourth-order valence-corrected chi connectivity index (χ4v) is 3.94. The number of anilines is 2. The maximum atomic E-state index is 4.73. The number of hydrogen-bond acceptors (Lipinski definition) is 5. The van der Waals surface area contributed by atoms with Gasteiger partial charge in [0.25, 0.3) is 0 Å². The molecule has 0 amide bonds. The van der Waals surface area contributed by atoms with Crippen LogP contribution >= 0.6 is 11.8 Å². The van der Waals surface area contributed by atoms with Crippen molar-refractivity contribution in [1.82, 2.24) is 9.97 Å². The second-order valence-electron chi connectivity index (χ2n) is 5.91. The molecule has 1 aromatic heterocycles. The summed E-state index contributed by atoms with van der Waals surface area (Å²) in [6.45, 7) is 5.25. The normalized spacial score (nSPS) is 17.0. The first-order valence-corrected chi connectivity index (χ1v) is 9.21. The van der Waals surface area contributed by atoms with Gasteiger partial charge in [0, 0.05) is 30.3 Å². The van der Waals surface area contributed by atoms with Crippen LogP contribution in [0.5, 0.6) is 0 Å². The summed E-state index contributed by atoms with van der Waals surface area (Å²) in [5.74, 6) is 2.87. The summed E-state index contributed by atoms with van der Waals surface area (Å²) in [6.07, 6.45) is 9.57. The van der Waals surface area contributed by atoms with Crippen LogP contribution in [0, 0.1) is 6.92 Å². The van der Waals surface area contributed by atoms with Crippen LogP contribution in [0.2, 0.25) is 0 Å². The van der Waals surface area contributed by atoms with Crippen LogP contribution in [0.3, 0.4) is 0 Å². The summed E-state index contributed by atoms with van der Waals surface area (Å²) in [5, 5.41) is 6.80. The lowest BCUT2D eigenvalue weighted by Crippen LogP contribution is -2.30. The van der Waals surface area contributed by atoms with Gasteiger partial charge in [-0.1, -0.05) is 19.8 Å². The van der Waals surface area contributed by atoms with Crippen molar-refractivity contribution in [2.24, 2.45) is 0 Å². The highest BCUT2D eigenvalue weighted by Gasteiger charge is 2.33. The molecule has 0 radical (unpaired) electrons. The molecule has 4 nitrogen and oxygen atoms in total. The van der Waals surface area contributed by atoms with Crippen molar-refractivity contribution < 1.29 is 0 Å². The van der Waals surface area contributed by atoms with Crippen molar-refractivity contribution in [3.8, 4) is 0 Å². The molecular formula is C16H28N4S. The Bertz CT molecular complexity index is 470. The van der Waals surface area contributed by atoms with Crippen LogP contribution in [0.15, 0.2) is 0 Å². The van der Waals surface area contributed by atoms with Crippen LogP contribution in [0.1, 0.15) is 50.4 Å². The topological polar surface area (TPSA) is 49.8 Å². The molecule has 0 atom stereocenters. The molecule has 21 heavy (non-hydrogen) atoms. The summed E-state index contributed by atoms with van der Waals surface area (Å²) >= 11 is 2.01. The lowest BCUT2D eigenvalue weighted by atomic mass is 10.1. The molecule has 2 rings (SSSR count). The van der Waals surface area contributed by atoms with Crippen LogP contribution in [-0.2, 0) is 6.42 Å². The number of aromatic nitrogens is 2. The Morgan fingerprint density at radius 1 is 1.19 bits per heavy atom. The minimum atomic E-state index is 0.391. The van der Waals surface area contributed by atoms with Crippen molar-refractivity contribution >= 4 is 23.4 Å². The minimum absolute atomic E-state index is 0.391. The molecule has 1 aliphatic rings. The number of rotatable bonds is 7. The van der Waals surface area contributed by atoms with E-state index in [-0.39, 0.29) is 0 Å². The molecule has 0 saturated heterocycles. The van der Waals surface area contributed by atoms with E-state index in [4.69, 9.17) is 4.98 Å². The Labute approximate surface area is 132 Å². The van der Waals surface area contributed by atoms with Crippen molar-refractivity contribution in [3.63, 3.8) is 0 Å². The van der Waals surface area contributed by atoms with Crippen molar-refractivity contribution in [2.45, 2.75) is 57.1 Å². The highest BCUT2D eigenvalue weighted by molar-refractivity contribution is 8.00. The van der Waals surface area contributed by atoms with Gasteiger partial charge in [0.2, 0.25) is 0 Å². The van der Waals surface area contributed by atoms with Gasteiger partial charge >= 0.3 is 0 Å². The van der Waals surface area contributed by atoms with Gasteiger partial charge in [-0.2, -0.15) is 11.8 Å². The fourth-order valence-electron chi connectivity index (χ4n) is 3.03. The Kier molecular flexibility index (Phi) is 5.73. The second kappa shape index (κ2) is 7.34. The Hall–Kier alpha value is -0.970. The maximum Gasteiger partial charge on any atom is 0.134 e. The van der Waals surface area contributed by atoms with Crippen molar-refractivity contribution in [2.75, 3.05) is 30.5 Å². The third-order valence-electron chi connectivity index (χ3n) is 4.43. The van der Waals surface area contributed by atoms with Gasteiger partial charge < -0.3 is 10.6 Å². The summed E-state index contributed by atoms with van der Waals surface area (Å²) in [5.41, 5.74) is 1.12. The first-order valence-electron chi connectivity index (χ1n) is 7.98. The van der Waals surface area contributed by atoms with Crippen molar-refractivity contribution in [1.29, 1.82) is 0 Å². The zero-order valence-electron chi connectivity index (χ0n) is 13.8. The molecule has 1 fully saturated rings. The number of nitrogens with one attached hydrogen (secondary N) is 2. The first-order chi connectivity index (χ1) is 10.1. The van der Waals surface area contributed by atoms with Gasteiger partial charge in [0.05, 0.1) is 0 Å².